The second-order valence-corrected chi connectivity index (χ2v) is 7.90. The number of hydrogen-bond donors (Lipinski definition) is 2. The highest BCUT2D eigenvalue weighted by Gasteiger charge is 2.38. The van der Waals surface area contributed by atoms with E-state index < -0.39 is 5.41 Å². The van der Waals surface area contributed by atoms with Gasteiger partial charge in [0.05, 0.1) is 13.2 Å². The van der Waals surface area contributed by atoms with Gasteiger partial charge in [0.2, 0.25) is 5.91 Å². The molecule has 0 unspecified atom stereocenters. The third kappa shape index (κ3) is 5.16. The van der Waals surface area contributed by atoms with Gasteiger partial charge in [-0.15, -0.1) is 0 Å². The standard InChI is InChI=1S/C21H31N3O4/c1-21(19(25)22-14-16-5-3-6-17(13-16)27-2)8-10-24(11-9-21)20(26)23-15-18-7-4-12-28-18/h3,5-6,13,18H,4,7-12,14-15H2,1-2H3,(H,22,25)(H,23,26)/t18-/m0/s1. The van der Waals surface area contributed by atoms with Gasteiger partial charge in [-0.3, -0.25) is 4.79 Å². The lowest BCUT2D eigenvalue weighted by atomic mass is 9.79. The van der Waals surface area contributed by atoms with Gasteiger partial charge >= 0.3 is 6.03 Å². The number of piperidine rings is 1. The molecule has 0 aliphatic carbocycles. The van der Waals surface area contributed by atoms with E-state index in [9.17, 15) is 9.59 Å². The topological polar surface area (TPSA) is 79.9 Å². The lowest BCUT2D eigenvalue weighted by Gasteiger charge is -2.38. The van der Waals surface area contributed by atoms with Crippen molar-refractivity contribution in [2.45, 2.75) is 45.3 Å². The maximum absolute atomic E-state index is 12.7. The molecule has 3 amide bonds. The summed E-state index contributed by atoms with van der Waals surface area (Å²) in [7, 11) is 1.63. The molecule has 2 fully saturated rings. The minimum Gasteiger partial charge on any atom is -0.497 e. The van der Waals surface area contributed by atoms with E-state index in [0.29, 0.717) is 39.0 Å². The van der Waals surface area contributed by atoms with Crippen LogP contribution in [0.2, 0.25) is 0 Å². The van der Waals surface area contributed by atoms with E-state index in [-0.39, 0.29) is 18.0 Å². The number of methoxy groups -OCH3 is 1. The molecular weight excluding hydrogens is 358 g/mol. The van der Waals surface area contributed by atoms with Gasteiger partial charge < -0.3 is 25.0 Å². The van der Waals surface area contributed by atoms with Gasteiger partial charge in [0.1, 0.15) is 5.75 Å². The average molecular weight is 389 g/mol. The van der Waals surface area contributed by atoms with Crippen LogP contribution in [0.1, 0.15) is 38.2 Å². The number of hydrogen-bond acceptors (Lipinski definition) is 4. The molecule has 2 saturated heterocycles. The molecule has 2 aliphatic heterocycles. The molecule has 28 heavy (non-hydrogen) atoms. The average Bonchev–Trinajstić information content (AvgIpc) is 3.24. The number of nitrogens with zero attached hydrogens (tertiary/aromatic N) is 1. The number of carbonyl (C=O) groups is 2. The van der Waals surface area contributed by atoms with Crippen molar-refractivity contribution in [2.75, 3.05) is 33.4 Å². The molecule has 7 heteroatoms. The molecule has 2 heterocycles. The number of urea groups is 1. The molecule has 1 atom stereocenters. The van der Waals surface area contributed by atoms with E-state index in [1.807, 2.05) is 31.2 Å². The second-order valence-electron chi connectivity index (χ2n) is 7.90. The fourth-order valence-electron chi connectivity index (χ4n) is 3.73. The Kier molecular flexibility index (Phi) is 6.78. The molecule has 154 valence electrons. The van der Waals surface area contributed by atoms with E-state index in [1.165, 1.54) is 0 Å². The Bertz CT molecular complexity index is 680. The molecule has 0 radical (unpaired) electrons. The monoisotopic (exact) mass is 389 g/mol. The summed E-state index contributed by atoms with van der Waals surface area (Å²) >= 11 is 0. The van der Waals surface area contributed by atoms with E-state index in [0.717, 1.165) is 30.8 Å². The van der Waals surface area contributed by atoms with Crippen LogP contribution in [-0.2, 0) is 16.1 Å². The van der Waals surface area contributed by atoms with E-state index in [4.69, 9.17) is 9.47 Å². The molecule has 3 rings (SSSR count). The predicted octanol–water partition coefficient (Wildman–Crippen LogP) is 2.30. The van der Waals surface area contributed by atoms with Crippen molar-refractivity contribution in [3.63, 3.8) is 0 Å². The summed E-state index contributed by atoms with van der Waals surface area (Å²) in [6, 6.07) is 7.62. The molecule has 7 nitrogen and oxygen atoms in total. The lowest BCUT2D eigenvalue weighted by Crippen LogP contribution is -2.51. The zero-order valence-electron chi connectivity index (χ0n) is 16.8. The van der Waals surface area contributed by atoms with Gasteiger partial charge in [-0.05, 0) is 43.4 Å². The van der Waals surface area contributed by atoms with Crippen molar-refractivity contribution in [3.8, 4) is 5.75 Å². The van der Waals surface area contributed by atoms with Crippen LogP contribution in [0.4, 0.5) is 4.79 Å². The molecule has 0 bridgehead atoms. The Morgan fingerprint density at radius 2 is 2.07 bits per heavy atom. The van der Waals surface area contributed by atoms with Crippen LogP contribution >= 0.6 is 0 Å². The molecule has 1 aromatic carbocycles. The molecule has 1 aromatic rings. The van der Waals surface area contributed by atoms with Crippen molar-refractivity contribution in [3.05, 3.63) is 29.8 Å². The Morgan fingerprint density at radius 1 is 1.29 bits per heavy atom. The normalized spacial score (nSPS) is 21.2. The minimum atomic E-state index is -0.454. The van der Waals surface area contributed by atoms with Gasteiger partial charge in [-0.2, -0.15) is 0 Å². The van der Waals surface area contributed by atoms with Crippen molar-refractivity contribution in [1.29, 1.82) is 0 Å². The summed E-state index contributed by atoms with van der Waals surface area (Å²) in [5.74, 6) is 0.815. The summed E-state index contributed by atoms with van der Waals surface area (Å²) < 4.78 is 10.8. The number of likely N-dealkylation sites (tertiary alicyclic amines) is 1. The fraction of sp³-hybridized carbons (Fsp3) is 0.619. The van der Waals surface area contributed by atoms with Crippen LogP contribution in [-0.4, -0.2) is 56.3 Å². The second kappa shape index (κ2) is 9.28. The highest BCUT2D eigenvalue weighted by Crippen LogP contribution is 2.31. The number of amides is 3. The molecule has 0 aromatic heterocycles. The van der Waals surface area contributed by atoms with Crippen LogP contribution < -0.4 is 15.4 Å². The van der Waals surface area contributed by atoms with Gasteiger partial charge in [0.15, 0.2) is 0 Å². The van der Waals surface area contributed by atoms with E-state index in [2.05, 4.69) is 10.6 Å². The van der Waals surface area contributed by atoms with Gasteiger partial charge in [-0.1, -0.05) is 19.1 Å². The van der Waals surface area contributed by atoms with Crippen molar-refractivity contribution >= 4 is 11.9 Å². The predicted molar refractivity (Wildman–Crippen MR) is 106 cm³/mol. The molecule has 0 spiro atoms. The maximum Gasteiger partial charge on any atom is 0.317 e. The van der Waals surface area contributed by atoms with Gasteiger partial charge in [0.25, 0.3) is 0 Å². The largest absolute Gasteiger partial charge is 0.497 e. The SMILES string of the molecule is COc1cccc(CNC(=O)C2(C)CCN(C(=O)NC[C@@H]3CCCO3)CC2)c1. The Labute approximate surface area is 166 Å². The summed E-state index contributed by atoms with van der Waals surface area (Å²) in [6.07, 6.45) is 3.52. The molecule has 0 saturated carbocycles. The number of ether oxygens (including phenoxy) is 2. The molecular formula is C21H31N3O4. The third-order valence-corrected chi connectivity index (χ3v) is 5.79. The molecule has 2 N–H and O–H groups in total. The first-order valence-electron chi connectivity index (χ1n) is 10.1. The first-order chi connectivity index (χ1) is 13.5. The fourth-order valence-corrected chi connectivity index (χ4v) is 3.73. The highest BCUT2D eigenvalue weighted by atomic mass is 16.5. The highest BCUT2D eigenvalue weighted by molar-refractivity contribution is 5.83. The van der Waals surface area contributed by atoms with Crippen molar-refractivity contribution in [2.24, 2.45) is 5.41 Å². The summed E-state index contributed by atoms with van der Waals surface area (Å²) in [6.45, 7) is 4.97. The zero-order valence-corrected chi connectivity index (χ0v) is 16.8. The Hall–Kier alpha value is -2.28. The summed E-state index contributed by atoms with van der Waals surface area (Å²) in [4.78, 5) is 26.9. The number of benzene rings is 1. The van der Waals surface area contributed by atoms with E-state index >= 15 is 0 Å². The van der Waals surface area contributed by atoms with Crippen LogP contribution in [0.5, 0.6) is 5.75 Å². The van der Waals surface area contributed by atoms with Gasteiger partial charge in [0, 0.05) is 38.2 Å². The smallest absolute Gasteiger partial charge is 0.317 e. The lowest BCUT2D eigenvalue weighted by molar-refractivity contribution is -0.132. The van der Waals surface area contributed by atoms with Crippen LogP contribution in [0.15, 0.2) is 24.3 Å². The minimum absolute atomic E-state index is 0.0368. The van der Waals surface area contributed by atoms with Crippen molar-refractivity contribution < 1.29 is 19.1 Å². The molecule has 2 aliphatic rings. The number of rotatable bonds is 6. The quantitative estimate of drug-likeness (QED) is 0.782. The first kappa shape index (κ1) is 20.5. The number of nitrogens with one attached hydrogen (secondary N) is 2. The van der Waals surface area contributed by atoms with Gasteiger partial charge in [-0.25, -0.2) is 4.79 Å². The summed E-state index contributed by atoms with van der Waals surface area (Å²) in [5, 5.41) is 5.99. The van der Waals surface area contributed by atoms with Crippen LogP contribution in [0, 0.1) is 5.41 Å². The van der Waals surface area contributed by atoms with Crippen molar-refractivity contribution in [1.82, 2.24) is 15.5 Å². The summed E-state index contributed by atoms with van der Waals surface area (Å²) in [5.41, 5.74) is 0.548. The third-order valence-electron chi connectivity index (χ3n) is 5.79. The maximum atomic E-state index is 12.7. The Morgan fingerprint density at radius 3 is 2.75 bits per heavy atom. The van der Waals surface area contributed by atoms with Crippen LogP contribution in [0.25, 0.3) is 0 Å². The Balaban J connectivity index is 1.43. The number of carbonyl (C=O) groups excluding carboxylic acids is 2. The van der Waals surface area contributed by atoms with Crippen LogP contribution in [0.3, 0.4) is 0 Å². The van der Waals surface area contributed by atoms with E-state index in [1.54, 1.807) is 12.0 Å². The first-order valence-corrected chi connectivity index (χ1v) is 10.1. The zero-order chi connectivity index (χ0) is 20.0.